The lowest BCUT2D eigenvalue weighted by Crippen LogP contribution is -2.13. The Balaban J connectivity index is 3.16. The Labute approximate surface area is 72.4 Å². The first kappa shape index (κ1) is 8.79. The Kier molecular flexibility index (Phi) is 1.93. The van der Waals surface area contributed by atoms with Crippen molar-refractivity contribution in [2.24, 2.45) is 0 Å². The lowest BCUT2D eigenvalue weighted by molar-refractivity contribution is 0.551. The zero-order valence-electron chi connectivity index (χ0n) is 7.89. The minimum absolute atomic E-state index is 0.0140. The first-order valence-electron chi connectivity index (χ1n) is 3.92. The number of aromatic amines is 1. The second kappa shape index (κ2) is 2.63. The maximum absolute atomic E-state index is 8.66. The van der Waals surface area contributed by atoms with E-state index in [-0.39, 0.29) is 5.41 Å². The Hall–Kier alpha value is -1.30. The van der Waals surface area contributed by atoms with E-state index in [1.54, 1.807) is 0 Å². The fraction of sp³-hybridized carbons (Fsp3) is 0.556. The summed E-state index contributed by atoms with van der Waals surface area (Å²) in [6, 6.07) is 2.05. The summed E-state index contributed by atoms with van der Waals surface area (Å²) in [4.78, 5) is 7.28. The molecule has 1 rings (SSSR count). The molecule has 0 spiro atoms. The highest BCUT2D eigenvalue weighted by Gasteiger charge is 2.19. The third kappa shape index (κ3) is 1.48. The first-order chi connectivity index (χ1) is 5.45. The van der Waals surface area contributed by atoms with Gasteiger partial charge in [-0.15, -0.1) is 0 Å². The molecular formula is C9H13N3. The van der Waals surface area contributed by atoms with Gasteiger partial charge in [-0.1, -0.05) is 20.8 Å². The normalized spacial score (nSPS) is 11.2. The molecule has 1 heterocycles. The standard InChI is InChI=1S/C9H13N3/c1-6-7(5-10)12-8(11-6)9(2,3)4/h1-4H3,(H,11,12). The molecule has 0 amide bonds. The summed E-state index contributed by atoms with van der Waals surface area (Å²) in [6.45, 7) is 8.05. The van der Waals surface area contributed by atoms with Gasteiger partial charge in [0.2, 0.25) is 0 Å². The molecule has 1 aromatic rings. The first-order valence-corrected chi connectivity index (χ1v) is 3.92. The monoisotopic (exact) mass is 163 g/mol. The molecule has 0 radical (unpaired) electrons. The van der Waals surface area contributed by atoms with Gasteiger partial charge in [0.05, 0.1) is 0 Å². The minimum atomic E-state index is -0.0140. The van der Waals surface area contributed by atoms with E-state index in [4.69, 9.17) is 5.26 Å². The van der Waals surface area contributed by atoms with Crippen molar-refractivity contribution in [1.29, 1.82) is 5.26 Å². The summed E-state index contributed by atoms with van der Waals surface area (Å²) < 4.78 is 0. The predicted octanol–water partition coefficient (Wildman–Crippen LogP) is 1.89. The second-order valence-electron chi connectivity index (χ2n) is 3.92. The van der Waals surface area contributed by atoms with E-state index in [0.717, 1.165) is 11.5 Å². The average molecular weight is 163 g/mol. The lowest BCUT2D eigenvalue weighted by Gasteiger charge is -2.13. The van der Waals surface area contributed by atoms with Crippen molar-refractivity contribution in [1.82, 2.24) is 9.97 Å². The Morgan fingerprint density at radius 2 is 2.00 bits per heavy atom. The number of aryl methyl sites for hydroxylation is 1. The van der Waals surface area contributed by atoms with Crippen LogP contribution in [0.15, 0.2) is 0 Å². The molecule has 1 aromatic heterocycles. The highest BCUT2D eigenvalue weighted by atomic mass is 14.9. The molecule has 0 fully saturated rings. The van der Waals surface area contributed by atoms with Crippen LogP contribution in [-0.2, 0) is 5.41 Å². The number of nitrogens with one attached hydrogen (secondary N) is 1. The van der Waals surface area contributed by atoms with E-state index in [0.29, 0.717) is 5.69 Å². The summed E-state index contributed by atoms with van der Waals surface area (Å²) in [7, 11) is 0. The molecule has 0 saturated heterocycles. The van der Waals surface area contributed by atoms with Crippen molar-refractivity contribution in [3.63, 3.8) is 0 Å². The van der Waals surface area contributed by atoms with Crippen LogP contribution >= 0.6 is 0 Å². The van der Waals surface area contributed by atoms with Crippen LogP contribution in [0.1, 0.15) is 38.0 Å². The molecule has 64 valence electrons. The van der Waals surface area contributed by atoms with Crippen molar-refractivity contribution in [3.05, 3.63) is 17.2 Å². The van der Waals surface area contributed by atoms with Crippen molar-refractivity contribution >= 4 is 0 Å². The maximum Gasteiger partial charge on any atom is 0.161 e. The number of hydrogen-bond donors (Lipinski definition) is 1. The van der Waals surface area contributed by atoms with Gasteiger partial charge in [0, 0.05) is 11.1 Å². The number of aromatic nitrogens is 2. The molecule has 0 bridgehead atoms. The summed E-state index contributed by atoms with van der Waals surface area (Å²) in [5.41, 5.74) is 1.34. The fourth-order valence-electron chi connectivity index (χ4n) is 0.924. The van der Waals surface area contributed by atoms with E-state index in [2.05, 4.69) is 30.7 Å². The van der Waals surface area contributed by atoms with Crippen LogP contribution in [0, 0.1) is 18.3 Å². The molecule has 0 aliphatic rings. The highest BCUT2D eigenvalue weighted by molar-refractivity contribution is 5.27. The van der Waals surface area contributed by atoms with Crippen LogP contribution in [0.25, 0.3) is 0 Å². The lowest BCUT2D eigenvalue weighted by atomic mass is 9.96. The van der Waals surface area contributed by atoms with Crippen LogP contribution in [0.5, 0.6) is 0 Å². The van der Waals surface area contributed by atoms with Gasteiger partial charge in [-0.3, -0.25) is 0 Å². The van der Waals surface area contributed by atoms with Crippen LogP contribution in [-0.4, -0.2) is 9.97 Å². The zero-order valence-corrected chi connectivity index (χ0v) is 7.89. The van der Waals surface area contributed by atoms with Gasteiger partial charge in [0.25, 0.3) is 0 Å². The van der Waals surface area contributed by atoms with Crippen LogP contribution < -0.4 is 0 Å². The number of H-pyrrole nitrogens is 1. The largest absolute Gasteiger partial charge is 0.345 e. The number of hydrogen-bond acceptors (Lipinski definition) is 2. The number of imidazole rings is 1. The molecule has 0 aliphatic carbocycles. The van der Waals surface area contributed by atoms with Gasteiger partial charge < -0.3 is 4.98 Å². The van der Waals surface area contributed by atoms with Gasteiger partial charge >= 0.3 is 0 Å². The molecule has 0 aliphatic heterocycles. The molecule has 0 aromatic carbocycles. The highest BCUT2D eigenvalue weighted by Crippen LogP contribution is 2.19. The number of nitriles is 1. The van der Waals surface area contributed by atoms with Gasteiger partial charge in [0.15, 0.2) is 5.69 Å². The zero-order chi connectivity index (χ0) is 9.35. The molecule has 12 heavy (non-hydrogen) atoms. The summed E-state index contributed by atoms with van der Waals surface area (Å²) >= 11 is 0. The van der Waals surface area contributed by atoms with Crippen molar-refractivity contribution < 1.29 is 0 Å². The molecule has 0 atom stereocenters. The fourth-order valence-corrected chi connectivity index (χ4v) is 0.924. The molecule has 0 saturated carbocycles. The van der Waals surface area contributed by atoms with Gasteiger partial charge in [0.1, 0.15) is 11.9 Å². The molecule has 3 heteroatoms. The SMILES string of the molecule is Cc1[nH]c(C(C)(C)C)nc1C#N. The summed E-state index contributed by atoms with van der Waals surface area (Å²) in [6.07, 6.45) is 0. The Morgan fingerprint density at radius 1 is 1.42 bits per heavy atom. The summed E-state index contributed by atoms with van der Waals surface area (Å²) in [5.74, 6) is 0.872. The summed E-state index contributed by atoms with van der Waals surface area (Å²) in [5, 5.41) is 8.66. The molecule has 0 unspecified atom stereocenters. The maximum atomic E-state index is 8.66. The minimum Gasteiger partial charge on any atom is -0.345 e. The smallest absolute Gasteiger partial charge is 0.161 e. The van der Waals surface area contributed by atoms with E-state index >= 15 is 0 Å². The Morgan fingerprint density at radius 3 is 2.25 bits per heavy atom. The van der Waals surface area contributed by atoms with Crippen LogP contribution in [0.3, 0.4) is 0 Å². The second-order valence-corrected chi connectivity index (χ2v) is 3.92. The quantitative estimate of drug-likeness (QED) is 0.635. The van der Waals surface area contributed by atoms with Gasteiger partial charge in [-0.2, -0.15) is 5.26 Å². The van der Waals surface area contributed by atoms with Crippen LogP contribution in [0.4, 0.5) is 0 Å². The van der Waals surface area contributed by atoms with E-state index in [9.17, 15) is 0 Å². The van der Waals surface area contributed by atoms with Crippen molar-refractivity contribution in [2.75, 3.05) is 0 Å². The topological polar surface area (TPSA) is 52.5 Å². The number of rotatable bonds is 0. The third-order valence-electron chi connectivity index (χ3n) is 1.70. The molecule has 3 nitrogen and oxygen atoms in total. The van der Waals surface area contributed by atoms with Crippen molar-refractivity contribution in [3.8, 4) is 6.07 Å². The van der Waals surface area contributed by atoms with E-state index < -0.39 is 0 Å². The molecule has 1 N–H and O–H groups in total. The third-order valence-corrected chi connectivity index (χ3v) is 1.70. The number of nitrogens with zero attached hydrogens (tertiary/aromatic N) is 2. The predicted molar refractivity (Wildman–Crippen MR) is 46.7 cm³/mol. The molecular weight excluding hydrogens is 150 g/mol. The van der Waals surface area contributed by atoms with Gasteiger partial charge in [-0.05, 0) is 6.92 Å². The van der Waals surface area contributed by atoms with Crippen molar-refractivity contribution in [2.45, 2.75) is 33.1 Å². The average Bonchev–Trinajstić information content (AvgIpc) is 2.29. The van der Waals surface area contributed by atoms with Gasteiger partial charge in [-0.25, -0.2) is 4.98 Å². The van der Waals surface area contributed by atoms with Crippen LogP contribution in [0.2, 0.25) is 0 Å². The Bertz CT molecular complexity index is 323. The van der Waals surface area contributed by atoms with E-state index in [1.165, 1.54) is 0 Å². The van der Waals surface area contributed by atoms with E-state index in [1.807, 2.05) is 13.0 Å².